The Bertz CT molecular complexity index is 583. The highest BCUT2D eigenvalue weighted by Crippen LogP contribution is 2.44. The van der Waals surface area contributed by atoms with Crippen molar-refractivity contribution in [1.29, 1.82) is 0 Å². The Morgan fingerprint density at radius 3 is 2.60 bits per heavy atom. The average molecular weight is 286 g/mol. The topological polar surface area (TPSA) is 17.1 Å². The van der Waals surface area contributed by atoms with Gasteiger partial charge in [-0.2, -0.15) is 0 Å². The van der Waals surface area contributed by atoms with Gasteiger partial charge < -0.3 is 0 Å². The van der Waals surface area contributed by atoms with Gasteiger partial charge in [0.05, 0.1) is 9.75 Å². The minimum absolute atomic E-state index is 0.0161. The molecule has 0 aliphatic heterocycles. The maximum Gasteiger partial charge on any atom is 0.195 e. The normalized spacial score (nSPS) is 21.6. The van der Waals surface area contributed by atoms with Crippen LogP contribution in [0, 0.1) is 23.2 Å². The Hall–Kier alpha value is -1.33. The van der Waals surface area contributed by atoms with Crippen LogP contribution in [-0.4, -0.2) is 5.78 Å². The highest BCUT2D eigenvalue weighted by molar-refractivity contribution is 7.14. The number of ketones is 1. The van der Waals surface area contributed by atoms with Gasteiger partial charge in [-0.1, -0.05) is 25.3 Å². The van der Waals surface area contributed by atoms with Gasteiger partial charge in [0.25, 0.3) is 0 Å². The van der Waals surface area contributed by atoms with Crippen LogP contribution in [0.4, 0.5) is 0 Å². The molecule has 0 saturated heterocycles. The zero-order chi connectivity index (χ0) is 14.9. The molecule has 1 saturated carbocycles. The van der Waals surface area contributed by atoms with Gasteiger partial charge >= 0.3 is 0 Å². The van der Waals surface area contributed by atoms with Crippen molar-refractivity contribution in [2.24, 2.45) is 11.3 Å². The van der Waals surface area contributed by atoms with Crippen molar-refractivity contribution < 1.29 is 4.79 Å². The van der Waals surface area contributed by atoms with Gasteiger partial charge in [-0.3, -0.25) is 4.79 Å². The monoisotopic (exact) mass is 286 g/mol. The quantitative estimate of drug-likeness (QED) is 0.433. The lowest BCUT2D eigenvalue weighted by Crippen LogP contribution is -2.19. The summed E-state index contributed by atoms with van der Waals surface area (Å²) in [5.41, 5.74) is 1.17. The standard InChI is InChI=1S/C18H22OS/c1-6-16(19)17-15(13-9-12(2)10-13)11-14(20-17)7-8-18(3,4)5/h6,11-13H,1,9-10H2,2-5H3. The molecule has 1 aromatic rings. The van der Waals surface area contributed by atoms with Crippen LogP contribution < -0.4 is 0 Å². The predicted molar refractivity (Wildman–Crippen MR) is 86.3 cm³/mol. The molecule has 0 amide bonds. The molecule has 0 atom stereocenters. The number of thiophene rings is 1. The highest BCUT2D eigenvalue weighted by atomic mass is 32.1. The lowest BCUT2D eigenvalue weighted by molar-refractivity contribution is 0.104. The Kier molecular flexibility index (Phi) is 4.20. The molecule has 1 heterocycles. The first-order valence-electron chi connectivity index (χ1n) is 7.14. The summed E-state index contributed by atoms with van der Waals surface area (Å²) in [6, 6.07) is 2.12. The van der Waals surface area contributed by atoms with Crippen LogP contribution in [0.2, 0.25) is 0 Å². The van der Waals surface area contributed by atoms with E-state index in [1.807, 2.05) is 0 Å². The molecule has 0 spiro atoms. The Labute approximate surface area is 126 Å². The van der Waals surface area contributed by atoms with Gasteiger partial charge in [0, 0.05) is 5.41 Å². The lowest BCUT2D eigenvalue weighted by atomic mass is 9.72. The molecule has 0 unspecified atom stereocenters. The zero-order valence-corrected chi connectivity index (χ0v) is 13.6. The van der Waals surface area contributed by atoms with E-state index < -0.39 is 0 Å². The fourth-order valence-electron chi connectivity index (χ4n) is 2.46. The summed E-state index contributed by atoms with van der Waals surface area (Å²) in [4.78, 5) is 13.9. The number of hydrogen-bond donors (Lipinski definition) is 0. The lowest BCUT2D eigenvalue weighted by Gasteiger charge is -2.32. The van der Waals surface area contributed by atoms with Crippen LogP contribution in [0.3, 0.4) is 0 Å². The SMILES string of the molecule is C=CC(=O)c1sc(C#CC(C)(C)C)cc1C1CC(C)C1. The number of rotatable bonds is 3. The van der Waals surface area contributed by atoms with E-state index in [4.69, 9.17) is 0 Å². The summed E-state index contributed by atoms with van der Waals surface area (Å²) >= 11 is 1.52. The van der Waals surface area contributed by atoms with E-state index in [1.54, 1.807) is 0 Å². The fraction of sp³-hybridized carbons (Fsp3) is 0.500. The molecule has 2 rings (SSSR count). The van der Waals surface area contributed by atoms with E-state index in [9.17, 15) is 4.79 Å². The third kappa shape index (κ3) is 3.41. The third-order valence-electron chi connectivity index (χ3n) is 3.54. The Balaban J connectivity index is 2.34. The first-order chi connectivity index (χ1) is 9.30. The molecule has 2 heteroatoms. The van der Waals surface area contributed by atoms with Crippen molar-refractivity contribution in [2.75, 3.05) is 0 Å². The number of carbonyl (C=O) groups excluding carboxylic acids is 1. The van der Waals surface area contributed by atoms with Crippen molar-refractivity contribution in [3.05, 3.63) is 34.0 Å². The van der Waals surface area contributed by atoms with Gasteiger partial charge in [-0.05, 0) is 63.2 Å². The molecule has 106 valence electrons. The van der Waals surface area contributed by atoms with E-state index >= 15 is 0 Å². The van der Waals surface area contributed by atoms with Crippen LogP contribution in [0.5, 0.6) is 0 Å². The van der Waals surface area contributed by atoms with Crippen LogP contribution in [0.15, 0.2) is 18.7 Å². The van der Waals surface area contributed by atoms with Crippen molar-refractivity contribution in [1.82, 2.24) is 0 Å². The van der Waals surface area contributed by atoms with Crippen molar-refractivity contribution in [3.8, 4) is 11.8 Å². The molecule has 1 aliphatic carbocycles. The second-order valence-corrected chi connectivity index (χ2v) is 7.79. The molecule has 0 bridgehead atoms. The van der Waals surface area contributed by atoms with E-state index in [-0.39, 0.29) is 11.2 Å². The predicted octanol–water partition coefficient (Wildman–Crippen LogP) is 5.03. The second kappa shape index (κ2) is 5.58. The first kappa shape index (κ1) is 15.1. The van der Waals surface area contributed by atoms with Gasteiger partial charge in [-0.25, -0.2) is 0 Å². The van der Waals surface area contributed by atoms with Gasteiger partial charge in [0.15, 0.2) is 5.78 Å². The van der Waals surface area contributed by atoms with Crippen molar-refractivity contribution >= 4 is 17.1 Å². The summed E-state index contributed by atoms with van der Waals surface area (Å²) in [6.07, 6.45) is 3.78. The van der Waals surface area contributed by atoms with E-state index in [0.717, 1.165) is 15.7 Å². The average Bonchev–Trinajstić information content (AvgIpc) is 2.74. The number of hydrogen-bond acceptors (Lipinski definition) is 2. The Morgan fingerprint density at radius 2 is 2.10 bits per heavy atom. The minimum Gasteiger partial charge on any atom is -0.288 e. The smallest absolute Gasteiger partial charge is 0.195 e. The van der Waals surface area contributed by atoms with Crippen LogP contribution in [0.25, 0.3) is 0 Å². The van der Waals surface area contributed by atoms with Crippen LogP contribution in [-0.2, 0) is 0 Å². The molecule has 0 aromatic carbocycles. The van der Waals surface area contributed by atoms with E-state index in [1.165, 1.54) is 35.8 Å². The molecular weight excluding hydrogens is 264 g/mol. The van der Waals surface area contributed by atoms with Gasteiger partial charge in [0.1, 0.15) is 0 Å². The summed E-state index contributed by atoms with van der Waals surface area (Å²) in [6.45, 7) is 12.2. The molecule has 0 radical (unpaired) electrons. The summed E-state index contributed by atoms with van der Waals surface area (Å²) in [7, 11) is 0. The number of allylic oxidation sites excluding steroid dienone is 1. The van der Waals surface area contributed by atoms with Gasteiger partial charge in [0.2, 0.25) is 0 Å². The molecule has 1 nitrogen and oxygen atoms in total. The zero-order valence-electron chi connectivity index (χ0n) is 12.7. The van der Waals surface area contributed by atoms with Crippen LogP contribution in [0.1, 0.15) is 66.6 Å². The van der Waals surface area contributed by atoms with E-state index in [2.05, 4.69) is 52.2 Å². The summed E-state index contributed by atoms with van der Waals surface area (Å²) in [5.74, 6) is 7.81. The molecule has 1 aliphatic rings. The molecular formula is C18H22OS. The fourth-order valence-corrected chi connectivity index (χ4v) is 3.50. The molecule has 20 heavy (non-hydrogen) atoms. The summed E-state index contributed by atoms with van der Waals surface area (Å²) < 4.78 is 0. The van der Waals surface area contributed by atoms with Crippen molar-refractivity contribution in [2.45, 2.75) is 46.5 Å². The molecule has 0 N–H and O–H groups in total. The van der Waals surface area contributed by atoms with Crippen molar-refractivity contribution in [3.63, 3.8) is 0 Å². The highest BCUT2D eigenvalue weighted by Gasteiger charge is 2.30. The van der Waals surface area contributed by atoms with E-state index in [0.29, 0.717) is 5.92 Å². The minimum atomic E-state index is -0.0161. The maximum absolute atomic E-state index is 12.0. The third-order valence-corrected chi connectivity index (χ3v) is 4.63. The summed E-state index contributed by atoms with van der Waals surface area (Å²) in [5, 5.41) is 0. The van der Waals surface area contributed by atoms with Crippen LogP contribution >= 0.6 is 11.3 Å². The second-order valence-electron chi connectivity index (χ2n) is 6.74. The van der Waals surface area contributed by atoms with Gasteiger partial charge in [-0.15, -0.1) is 11.3 Å². The molecule has 1 fully saturated rings. The maximum atomic E-state index is 12.0. The Morgan fingerprint density at radius 1 is 1.45 bits per heavy atom. The largest absolute Gasteiger partial charge is 0.288 e. The number of carbonyl (C=O) groups is 1. The molecule has 1 aromatic heterocycles. The first-order valence-corrected chi connectivity index (χ1v) is 7.95.